The highest BCUT2D eigenvalue weighted by Crippen LogP contribution is 2.38. The zero-order valence-corrected chi connectivity index (χ0v) is 13.1. The van der Waals surface area contributed by atoms with Gasteiger partial charge in [0.15, 0.2) is 0 Å². The number of hydrogen-bond acceptors (Lipinski definition) is 4. The number of carbonyl (C=O) groups excluding carboxylic acids is 1. The highest BCUT2D eigenvalue weighted by molar-refractivity contribution is 7.80. The van der Waals surface area contributed by atoms with Gasteiger partial charge in [0.25, 0.3) is 5.17 Å². The fourth-order valence-corrected chi connectivity index (χ4v) is 1.73. The second-order valence-corrected chi connectivity index (χ2v) is 5.06. The maximum absolute atomic E-state index is 13.1. The summed E-state index contributed by atoms with van der Waals surface area (Å²) in [6.45, 7) is 0. The van der Waals surface area contributed by atoms with E-state index >= 15 is 0 Å². The molecule has 0 aromatic heterocycles. The van der Waals surface area contributed by atoms with E-state index in [0.29, 0.717) is 5.75 Å². The van der Waals surface area contributed by atoms with Crippen molar-refractivity contribution in [2.45, 2.75) is 18.5 Å². The van der Waals surface area contributed by atoms with Crippen molar-refractivity contribution in [2.75, 3.05) is 21.2 Å². The van der Waals surface area contributed by atoms with E-state index in [0.717, 1.165) is 7.11 Å². The molecule has 1 aromatic rings. The second kappa shape index (κ2) is 7.44. The number of halogens is 3. The summed E-state index contributed by atoms with van der Waals surface area (Å²) in [6, 6.07) is 5.27. The van der Waals surface area contributed by atoms with Gasteiger partial charge in [-0.25, -0.2) is 0 Å². The lowest BCUT2D eigenvalue weighted by atomic mass is 9.95. The Kier molecular flexibility index (Phi) is 6.16. The van der Waals surface area contributed by atoms with Crippen LogP contribution in [0.3, 0.4) is 0 Å². The summed E-state index contributed by atoms with van der Waals surface area (Å²) in [7, 11) is 4.42. The lowest BCUT2D eigenvalue weighted by Gasteiger charge is -2.20. The Hall–Kier alpha value is -1.83. The fourth-order valence-electron chi connectivity index (χ4n) is 1.63. The summed E-state index contributed by atoms with van der Waals surface area (Å²) in [4.78, 5) is 12.7. The van der Waals surface area contributed by atoms with E-state index in [-0.39, 0.29) is 10.7 Å². The van der Waals surface area contributed by atoms with Gasteiger partial charge >= 0.3 is 12.1 Å². The molecule has 0 fully saturated rings. The monoisotopic (exact) mass is 335 g/mol. The molecule has 1 rings (SSSR count). The summed E-state index contributed by atoms with van der Waals surface area (Å²) < 4.78 is 48.8. The van der Waals surface area contributed by atoms with Crippen molar-refractivity contribution >= 4 is 23.4 Å². The third-order valence-electron chi connectivity index (χ3n) is 2.85. The van der Waals surface area contributed by atoms with Crippen LogP contribution in [0.5, 0.6) is 5.75 Å². The van der Waals surface area contributed by atoms with Gasteiger partial charge in [-0.3, -0.25) is 4.79 Å². The Morgan fingerprint density at radius 3 is 2.23 bits per heavy atom. The van der Waals surface area contributed by atoms with Crippen molar-refractivity contribution in [2.24, 2.45) is 0 Å². The first-order chi connectivity index (χ1) is 10.1. The number of ether oxygens (including phenoxy) is 2. The molecule has 1 aromatic carbocycles. The summed E-state index contributed by atoms with van der Waals surface area (Å²) >= 11 is 4.94. The SMILES string of the molecule is COC(=O)CC(c1ccc(OC(=S)N(C)C)cc1)C(F)(F)F. The number of nitrogens with zero attached hydrogens (tertiary/aromatic N) is 1. The standard InChI is InChI=1S/C14H16F3NO3S/c1-18(2)13(22)21-10-6-4-9(5-7-10)11(14(15,16)17)8-12(19)20-3/h4-7,11H,8H2,1-3H3. The molecule has 0 saturated carbocycles. The van der Waals surface area contributed by atoms with Gasteiger partial charge in [0, 0.05) is 14.1 Å². The highest BCUT2D eigenvalue weighted by Gasteiger charge is 2.42. The van der Waals surface area contributed by atoms with Crippen molar-refractivity contribution in [3.63, 3.8) is 0 Å². The van der Waals surface area contributed by atoms with Crippen LogP contribution in [-0.4, -0.2) is 43.4 Å². The predicted octanol–water partition coefficient (Wildman–Crippen LogP) is 3.12. The third-order valence-corrected chi connectivity index (χ3v) is 3.29. The first-order valence-corrected chi connectivity index (χ1v) is 6.68. The molecule has 0 bridgehead atoms. The molecule has 0 aliphatic rings. The normalized spacial score (nSPS) is 12.5. The summed E-state index contributed by atoms with van der Waals surface area (Å²) in [5.74, 6) is -2.52. The molecule has 122 valence electrons. The number of esters is 1. The average molecular weight is 335 g/mol. The number of methoxy groups -OCH3 is 1. The van der Waals surface area contributed by atoms with Gasteiger partial charge in [0.1, 0.15) is 5.75 Å². The quantitative estimate of drug-likeness (QED) is 0.624. The van der Waals surface area contributed by atoms with Gasteiger partial charge in [-0.05, 0) is 29.9 Å². The van der Waals surface area contributed by atoms with Crippen LogP contribution in [0.4, 0.5) is 13.2 Å². The minimum absolute atomic E-state index is 0.0407. The molecule has 0 heterocycles. The lowest BCUT2D eigenvalue weighted by molar-refractivity contribution is -0.164. The molecule has 4 nitrogen and oxygen atoms in total. The van der Waals surface area contributed by atoms with E-state index < -0.39 is 24.5 Å². The van der Waals surface area contributed by atoms with E-state index in [1.165, 1.54) is 24.3 Å². The minimum Gasteiger partial charge on any atom is -0.469 e. The molecule has 0 spiro atoms. The highest BCUT2D eigenvalue weighted by atomic mass is 32.1. The van der Waals surface area contributed by atoms with Crippen molar-refractivity contribution in [3.05, 3.63) is 29.8 Å². The van der Waals surface area contributed by atoms with Crippen LogP contribution in [-0.2, 0) is 9.53 Å². The Balaban J connectivity index is 2.93. The van der Waals surface area contributed by atoms with E-state index in [1.54, 1.807) is 19.0 Å². The fraction of sp³-hybridized carbons (Fsp3) is 0.429. The molecule has 0 aliphatic carbocycles. The van der Waals surface area contributed by atoms with Crippen molar-refractivity contribution in [3.8, 4) is 5.75 Å². The first-order valence-electron chi connectivity index (χ1n) is 6.27. The molecule has 8 heteroatoms. The summed E-state index contributed by atoms with van der Waals surface area (Å²) in [6.07, 6.45) is -5.31. The molecule has 22 heavy (non-hydrogen) atoms. The molecular weight excluding hydrogens is 319 g/mol. The number of benzene rings is 1. The summed E-state index contributed by atoms with van der Waals surface area (Å²) in [5.41, 5.74) is -0.0407. The topological polar surface area (TPSA) is 38.8 Å². The second-order valence-electron chi connectivity index (χ2n) is 4.71. The smallest absolute Gasteiger partial charge is 0.396 e. The molecular formula is C14H16F3NO3S. The van der Waals surface area contributed by atoms with E-state index in [4.69, 9.17) is 17.0 Å². The molecule has 1 atom stereocenters. The molecule has 0 aliphatic heterocycles. The zero-order valence-electron chi connectivity index (χ0n) is 12.3. The molecule has 1 unspecified atom stereocenters. The Bertz CT molecular complexity index is 529. The van der Waals surface area contributed by atoms with Gasteiger partial charge < -0.3 is 14.4 Å². The van der Waals surface area contributed by atoms with E-state index in [9.17, 15) is 18.0 Å². The Morgan fingerprint density at radius 1 is 1.27 bits per heavy atom. The number of hydrogen-bond donors (Lipinski definition) is 0. The van der Waals surface area contributed by atoms with Crippen LogP contribution < -0.4 is 4.74 Å². The van der Waals surface area contributed by atoms with Gasteiger partial charge in [-0.15, -0.1) is 0 Å². The maximum Gasteiger partial charge on any atom is 0.396 e. The van der Waals surface area contributed by atoms with Crippen LogP contribution in [0.15, 0.2) is 24.3 Å². The van der Waals surface area contributed by atoms with Crippen LogP contribution in [0.2, 0.25) is 0 Å². The first kappa shape index (κ1) is 18.2. The average Bonchev–Trinajstić information content (AvgIpc) is 2.44. The summed E-state index contributed by atoms with van der Waals surface area (Å²) in [5, 5.41) is 0.190. The Labute approximate surface area is 131 Å². The van der Waals surface area contributed by atoms with Gasteiger partial charge in [-0.1, -0.05) is 12.1 Å². The molecule has 0 saturated heterocycles. The Morgan fingerprint density at radius 2 is 1.82 bits per heavy atom. The van der Waals surface area contributed by atoms with E-state index in [2.05, 4.69) is 4.74 Å². The van der Waals surface area contributed by atoms with Crippen molar-refractivity contribution in [1.29, 1.82) is 0 Å². The minimum atomic E-state index is -4.55. The number of carbonyl (C=O) groups is 1. The zero-order chi connectivity index (χ0) is 16.9. The van der Waals surface area contributed by atoms with Crippen LogP contribution in [0, 0.1) is 0 Å². The number of rotatable bonds is 4. The van der Waals surface area contributed by atoms with Crippen molar-refractivity contribution < 1.29 is 27.4 Å². The lowest BCUT2D eigenvalue weighted by Crippen LogP contribution is -2.25. The van der Waals surface area contributed by atoms with Gasteiger partial charge in [0.05, 0.1) is 19.4 Å². The van der Waals surface area contributed by atoms with Crippen LogP contribution in [0.1, 0.15) is 17.9 Å². The molecule has 0 N–H and O–H groups in total. The van der Waals surface area contributed by atoms with E-state index in [1.807, 2.05) is 0 Å². The number of thiocarbonyl (C=S) groups is 1. The van der Waals surface area contributed by atoms with Crippen LogP contribution in [0.25, 0.3) is 0 Å². The molecule has 0 radical (unpaired) electrons. The molecule has 0 amide bonds. The van der Waals surface area contributed by atoms with Crippen molar-refractivity contribution in [1.82, 2.24) is 4.90 Å². The largest absolute Gasteiger partial charge is 0.469 e. The van der Waals surface area contributed by atoms with Crippen LogP contribution >= 0.6 is 12.2 Å². The maximum atomic E-state index is 13.1. The van der Waals surface area contributed by atoms with Gasteiger partial charge in [-0.2, -0.15) is 13.2 Å². The van der Waals surface area contributed by atoms with Gasteiger partial charge in [0.2, 0.25) is 0 Å². The third kappa shape index (κ3) is 5.18. The number of alkyl halides is 3. The predicted molar refractivity (Wildman–Crippen MR) is 78.8 cm³/mol.